The number of nitrogens with one attached hydrogen (secondary N) is 3. The number of nitrogens with zero attached hydrogens (tertiary/aromatic N) is 1. The van der Waals surface area contributed by atoms with Crippen LogP contribution in [0.1, 0.15) is 19.3 Å². The van der Waals surface area contributed by atoms with Crippen molar-refractivity contribution in [1.29, 1.82) is 0 Å². The second-order valence-corrected chi connectivity index (χ2v) is 4.68. The monoisotopic (exact) mass is 299 g/mol. The molecule has 0 fully saturated rings. The van der Waals surface area contributed by atoms with Gasteiger partial charge >= 0.3 is 6.03 Å². The lowest BCUT2D eigenvalue weighted by molar-refractivity contribution is -0.128. The van der Waals surface area contributed by atoms with Crippen molar-refractivity contribution >= 4 is 23.8 Å². The molecule has 4 amide bonds. The van der Waals surface area contributed by atoms with Crippen LogP contribution in [0.3, 0.4) is 0 Å². The van der Waals surface area contributed by atoms with E-state index in [4.69, 9.17) is 17.2 Å². The number of guanidine groups is 1. The Bertz CT molecular complexity index is 438. The van der Waals surface area contributed by atoms with Gasteiger partial charge in [-0.1, -0.05) is 0 Å². The van der Waals surface area contributed by atoms with Crippen LogP contribution in [0.4, 0.5) is 4.79 Å². The number of rotatable bonds is 6. The molecule has 0 saturated heterocycles. The van der Waals surface area contributed by atoms with Gasteiger partial charge in [0.25, 0.3) is 5.91 Å². The molecule has 0 saturated carbocycles. The summed E-state index contributed by atoms with van der Waals surface area (Å²) in [5.74, 6) is -0.837. The summed E-state index contributed by atoms with van der Waals surface area (Å²) in [4.78, 5) is 38.0. The molecule has 0 spiro atoms. The number of amides is 4. The van der Waals surface area contributed by atoms with Gasteiger partial charge in [0, 0.05) is 12.5 Å². The van der Waals surface area contributed by atoms with Crippen molar-refractivity contribution in [2.75, 3.05) is 13.1 Å². The van der Waals surface area contributed by atoms with Gasteiger partial charge in [0.2, 0.25) is 11.9 Å². The molecule has 118 valence electrons. The second kappa shape index (κ2) is 8.17. The van der Waals surface area contributed by atoms with Gasteiger partial charge in [-0.3, -0.25) is 20.2 Å². The Morgan fingerprint density at radius 2 is 2.19 bits per heavy atom. The molecule has 1 rings (SSSR count). The average molecular weight is 299 g/mol. The first-order valence-electron chi connectivity index (χ1n) is 6.59. The van der Waals surface area contributed by atoms with Gasteiger partial charge in [-0.15, -0.1) is 0 Å². The molecule has 0 aromatic heterocycles. The summed E-state index contributed by atoms with van der Waals surface area (Å²) in [6.07, 6.45) is 1.50. The maximum Gasteiger partial charge on any atom is 0.318 e. The van der Waals surface area contributed by atoms with E-state index < -0.39 is 18.0 Å². The molecule has 9 N–H and O–H groups in total. The van der Waals surface area contributed by atoms with Crippen LogP contribution in [-0.4, -0.2) is 49.0 Å². The number of aliphatic imine (C=N–C) groups is 1. The van der Waals surface area contributed by atoms with E-state index in [1.54, 1.807) is 0 Å². The van der Waals surface area contributed by atoms with Gasteiger partial charge in [0.05, 0.1) is 6.54 Å². The first-order chi connectivity index (χ1) is 9.92. The highest BCUT2D eigenvalue weighted by atomic mass is 16.2. The molecule has 0 radical (unpaired) electrons. The zero-order valence-corrected chi connectivity index (χ0v) is 11.6. The fourth-order valence-electron chi connectivity index (χ4n) is 1.78. The van der Waals surface area contributed by atoms with E-state index in [-0.39, 0.29) is 30.9 Å². The third-order valence-electron chi connectivity index (χ3n) is 2.79. The Morgan fingerprint density at radius 3 is 2.76 bits per heavy atom. The summed E-state index contributed by atoms with van der Waals surface area (Å²) in [6, 6.07) is -1.92. The molecule has 2 atom stereocenters. The van der Waals surface area contributed by atoms with E-state index in [0.717, 1.165) is 6.42 Å². The number of urea groups is 1. The summed E-state index contributed by atoms with van der Waals surface area (Å²) in [5, 5.41) is 7.02. The van der Waals surface area contributed by atoms with Crippen LogP contribution in [0, 0.1) is 0 Å². The van der Waals surface area contributed by atoms with Gasteiger partial charge in [-0.25, -0.2) is 9.79 Å². The number of primary amides is 1. The molecule has 0 aliphatic carbocycles. The smallest absolute Gasteiger partial charge is 0.318 e. The van der Waals surface area contributed by atoms with Crippen molar-refractivity contribution in [1.82, 2.24) is 16.0 Å². The molecule has 1 unspecified atom stereocenters. The molecule has 0 aromatic carbocycles. The van der Waals surface area contributed by atoms with E-state index in [1.165, 1.54) is 0 Å². The quantitative estimate of drug-likeness (QED) is 0.307. The maximum atomic E-state index is 11.7. The van der Waals surface area contributed by atoms with Crippen molar-refractivity contribution in [3.63, 3.8) is 0 Å². The van der Waals surface area contributed by atoms with Gasteiger partial charge in [0.1, 0.15) is 6.04 Å². The van der Waals surface area contributed by atoms with Gasteiger partial charge in [-0.05, 0) is 19.4 Å². The van der Waals surface area contributed by atoms with Gasteiger partial charge < -0.3 is 22.5 Å². The summed E-state index contributed by atoms with van der Waals surface area (Å²) in [6.45, 7) is 0.538. The molecule has 1 aliphatic heterocycles. The number of hydrogen-bond donors (Lipinski definition) is 6. The molecule has 0 bridgehead atoms. The number of nitrogens with two attached hydrogens (primary N) is 3. The summed E-state index contributed by atoms with van der Waals surface area (Å²) in [5.41, 5.74) is 16.0. The lowest BCUT2D eigenvalue weighted by atomic mass is 10.1. The van der Waals surface area contributed by atoms with Crippen LogP contribution >= 0.6 is 0 Å². The summed E-state index contributed by atoms with van der Waals surface area (Å²) < 4.78 is 0. The topological polar surface area (TPSA) is 178 Å². The highest BCUT2D eigenvalue weighted by molar-refractivity contribution is 6.07. The number of carbonyl (C=O) groups is 3. The third-order valence-corrected chi connectivity index (χ3v) is 2.79. The molecule has 1 aliphatic rings. The largest absolute Gasteiger partial charge is 0.351 e. The molecular weight excluding hydrogens is 278 g/mol. The molecule has 10 nitrogen and oxygen atoms in total. The number of hydrogen-bond acceptors (Lipinski definition) is 6. The lowest BCUT2D eigenvalue weighted by Crippen LogP contribution is -2.58. The predicted molar refractivity (Wildman–Crippen MR) is 76.0 cm³/mol. The minimum absolute atomic E-state index is 0.0191. The predicted octanol–water partition coefficient (Wildman–Crippen LogP) is -2.92. The van der Waals surface area contributed by atoms with Crippen molar-refractivity contribution in [2.24, 2.45) is 22.2 Å². The zero-order valence-electron chi connectivity index (χ0n) is 11.6. The standard InChI is InChI=1S/C11H21N7O3/c12-3-1-2-6(13)4-8(19)16-7-5-15-11(17-9(7)20)18-10(14)21/h6-7H,1-5,12-13H2,(H,16,19)(H4,14,15,17,18,20,21)/t6-,7?/m0/s1. The minimum Gasteiger partial charge on any atom is -0.351 e. The van der Waals surface area contributed by atoms with Crippen molar-refractivity contribution < 1.29 is 14.4 Å². The summed E-state index contributed by atoms with van der Waals surface area (Å²) >= 11 is 0. The number of carbonyl (C=O) groups excluding carboxylic acids is 3. The van der Waals surface area contributed by atoms with Crippen LogP contribution < -0.4 is 33.2 Å². The van der Waals surface area contributed by atoms with Crippen LogP contribution in [-0.2, 0) is 9.59 Å². The fourth-order valence-corrected chi connectivity index (χ4v) is 1.78. The lowest BCUT2D eigenvalue weighted by Gasteiger charge is -2.22. The van der Waals surface area contributed by atoms with Crippen LogP contribution in [0.2, 0.25) is 0 Å². The molecule has 0 aromatic rings. The molecule has 21 heavy (non-hydrogen) atoms. The van der Waals surface area contributed by atoms with Crippen LogP contribution in [0.5, 0.6) is 0 Å². The minimum atomic E-state index is -0.831. The Labute approximate surface area is 121 Å². The highest BCUT2D eigenvalue weighted by Gasteiger charge is 2.26. The van der Waals surface area contributed by atoms with Crippen molar-refractivity contribution in [3.05, 3.63) is 0 Å². The van der Waals surface area contributed by atoms with Crippen molar-refractivity contribution in [3.8, 4) is 0 Å². The van der Waals surface area contributed by atoms with Gasteiger partial charge in [-0.2, -0.15) is 0 Å². The van der Waals surface area contributed by atoms with Crippen LogP contribution in [0.15, 0.2) is 4.99 Å². The average Bonchev–Trinajstić information content (AvgIpc) is 2.39. The summed E-state index contributed by atoms with van der Waals surface area (Å²) in [7, 11) is 0. The van der Waals surface area contributed by atoms with E-state index in [1.807, 2.05) is 0 Å². The fraction of sp³-hybridized carbons (Fsp3) is 0.636. The molecule has 1 heterocycles. The molecule has 10 heteroatoms. The Kier molecular flexibility index (Phi) is 6.56. The zero-order chi connectivity index (χ0) is 15.8. The van der Waals surface area contributed by atoms with E-state index in [9.17, 15) is 14.4 Å². The van der Waals surface area contributed by atoms with Crippen LogP contribution in [0.25, 0.3) is 0 Å². The SMILES string of the molecule is NCCC[C@H](N)CC(=O)NC1CN=C(NC(N)=O)NC1=O. The van der Waals surface area contributed by atoms with E-state index in [2.05, 4.69) is 20.9 Å². The normalized spacial score (nSPS) is 19.2. The van der Waals surface area contributed by atoms with E-state index >= 15 is 0 Å². The Morgan fingerprint density at radius 1 is 1.48 bits per heavy atom. The van der Waals surface area contributed by atoms with E-state index in [0.29, 0.717) is 13.0 Å². The Hall–Kier alpha value is -2.20. The highest BCUT2D eigenvalue weighted by Crippen LogP contribution is 2.00. The Balaban J connectivity index is 2.41. The van der Waals surface area contributed by atoms with Gasteiger partial charge in [0.15, 0.2) is 0 Å². The first-order valence-corrected chi connectivity index (χ1v) is 6.59. The van der Waals surface area contributed by atoms with Crippen molar-refractivity contribution in [2.45, 2.75) is 31.3 Å². The second-order valence-electron chi connectivity index (χ2n) is 4.68. The molecular formula is C11H21N7O3. The maximum absolute atomic E-state index is 11.7. The third kappa shape index (κ3) is 6.19. The first kappa shape index (κ1) is 16.9.